The molecule has 0 aliphatic heterocycles. The molecule has 0 N–H and O–H groups in total. The van der Waals surface area contributed by atoms with Crippen molar-refractivity contribution in [2.24, 2.45) is 0 Å². The van der Waals surface area contributed by atoms with Crippen molar-refractivity contribution in [3.63, 3.8) is 0 Å². The average Bonchev–Trinajstić information content (AvgIpc) is 2.20. The SMILES string of the molecule is CC=CC1=C(C)CCC1=O. The Hall–Kier alpha value is -0.850. The molecule has 0 radical (unpaired) electrons. The first-order chi connectivity index (χ1) is 4.75. The highest BCUT2D eigenvalue weighted by Gasteiger charge is 2.16. The van der Waals surface area contributed by atoms with Crippen LogP contribution in [-0.2, 0) is 4.79 Å². The van der Waals surface area contributed by atoms with Crippen LogP contribution < -0.4 is 0 Å². The number of rotatable bonds is 1. The first kappa shape index (κ1) is 7.26. The molecule has 0 saturated carbocycles. The zero-order valence-corrected chi connectivity index (χ0v) is 6.48. The molecule has 0 atom stereocenters. The van der Waals surface area contributed by atoms with E-state index in [1.807, 2.05) is 26.0 Å². The van der Waals surface area contributed by atoms with Gasteiger partial charge in [-0.25, -0.2) is 0 Å². The lowest BCUT2D eigenvalue weighted by atomic mass is 10.1. The van der Waals surface area contributed by atoms with Gasteiger partial charge < -0.3 is 0 Å². The lowest BCUT2D eigenvalue weighted by molar-refractivity contribution is -0.114. The molecule has 10 heavy (non-hydrogen) atoms. The fraction of sp³-hybridized carbons (Fsp3) is 0.444. The predicted octanol–water partition coefficient (Wildman–Crippen LogP) is 2.24. The van der Waals surface area contributed by atoms with Crippen molar-refractivity contribution in [1.82, 2.24) is 0 Å². The summed E-state index contributed by atoms with van der Waals surface area (Å²) in [5.74, 6) is 0.301. The summed E-state index contributed by atoms with van der Waals surface area (Å²) in [6.07, 6.45) is 5.50. The molecular formula is C9H12O. The fourth-order valence-electron chi connectivity index (χ4n) is 1.21. The monoisotopic (exact) mass is 136 g/mol. The number of allylic oxidation sites excluding steroid dienone is 4. The van der Waals surface area contributed by atoms with Gasteiger partial charge in [0.25, 0.3) is 0 Å². The Bertz CT molecular complexity index is 209. The topological polar surface area (TPSA) is 17.1 Å². The maximum Gasteiger partial charge on any atom is 0.163 e. The molecule has 1 aliphatic carbocycles. The smallest absolute Gasteiger partial charge is 0.163 e. The standard InChI is InChI=1S/C9H12O/c1-3-4-8-7(2)5-6-9(8)10/h3-4H,5-6H2,1-2H3. The van der Waals surface area contributed by atoms with Crippen LogP contribution >= 0.6 is 0 Å². The van der Waals surface area contributed by atoms with E-state index in [9.17, 15) is 4.79 Å². The number of hydrogen-bond acceptors (Lipinski definition) is 1. The van der Waals surface area contributed by atoms with Crippen molar-refractivity contribution in [1.29, 1.82) is 0 Å². The highest BCUT2D eigenvalue weighted by atomic mass is 16.1. The Labute approximate surface area is 61.4 Å². The molecule has 0 heterocycles. The van der Waals surface area contributed by atoms with Gasteiger partial charge in [-0.05, 0) is 20.3 Å². The van der Waals surface area contributed by atoms with E-state index >= 15 is 0 Å². The van der Waals surface area contributed by atoms with Gasteiger partial charge in [-0.15, -0.1) is 0 Å². The first-order valence-electron chi connectivity index (χ1n) is 3.61. The summed E-state index contributed by atoms with van der Waals surface area (Å²) in [5, 5.41) is 0. The largest absolute Gasteiger partial charge is 0.294 e. The van der Waals surface area contributed by atoms with E-state index in [-0.39, 0.29) is 0 Å². The molecule has 0 spiro atoms. The normalized spacial score (nSPS) is 19.6. The van der Waals surface area contributed by atoms with Crippen LogP contribution in [0.1, 0.15) is 26.7 Å². The summed E-state index contributed by atoms with van der Waals surface area (Å²) in [6.45, 7) is 3.96. The van der Waals surface area contributed by atoms with Crippen LogP contribution in [0.5, 0.6) is 0 Å². The predicted molar refractivity (Wildman–Crippen MR) is 41.8 cm³/mol. The highest BCUT2D eigenvalue weighted by Crippen LogP contribution is 2.22. The Morgan fingerprint density at radius 3 is 2.50 bits per heavy atom. The summed E-state index contributed by atoms with van der Waals surface area (Å²) < 4.78 is 0. The molecule has 0 amide bonds. The zero-order valence-electron chi connectivity index (χ0n) is 6.48. The van der Waals surface area contributed by atoms with Gasteiger partial charge in [0.05, 0.1) is 0 Å². The van der Waals surface area contributed by atoms with Crippen molar-refractivity contribution in [2.75, 3.05) is 0 Å². The van der Waals surface area contributed by atoms with Crippen molar-refractivity contribution < 1.29 is 4.79 Å². The van der Waals surface area contributed by atoms with Gasteiger partial charge in [-0.2, -0.15) is 0 Å². The molecule has 0 aromatic heterocycles. The maximum atomic E-state index is 11.1. The molecule has 1 heteroatoms. The lowest BCUT2D eigenvalue weighted by Crippen LogP contribution is -1.91. The van der Waals surface area contributed by atoms with Gasteiger partial charge in [0.2, 0.25) is 0 Å². The molecule has 54 valence electrons. The van der Waals surface area contributed by atoms with Crippen LogP contribution in [0.4, 0.5) is 0 Å². The Kier molecular flexibility index (Phi) is 2.05. The summed E-state index contributed by atoms with van der Waals surface area (Å²) in [4.78, 5) is 11.1. The number of Topliss-reactive ketones (excluding diaryl/α,β-unsaturated/α-hetero) is 1. The van der Waals surface area contributed by atoms with E-state index in [0.717, 1.165) is 12.0 Å². The summed E-state index contributed by atoms with van der Waals surface area (Å²) in [6, 6.07) is 0. The molecule has 0 bridgehead atoms. The van der Waals surface area contributed by atoms with Gasteiger partial charge in [-0.1, -0.05) is 17.7 Å². The minimum absolute atomic E-state index is 0.301. The van der Waals surface area contributed by atoms with Gasteiger partial charge in [-0.3, -0.25) is 4.79 Å². The third-order valence-electron chi connectivity index (χ3n) is 1.82. The molecule has 1 nitrogen and oxygen atoms in total. The van der Waals surface area contributed by atoms with Crippen LogP contribution in [0.15, 0.2) is 23.3 Å². The van der Waals surface area contributed by atoms with Crippen LogP contribution in [0.3, 0.4) is 0 Å². The Morgan fingerprint density at radius 2 is 2.10 bits per heavy atom. The summed E-state index contributed by atoms with van der Waals surface area (Å²) in [5.41, 5.74) is 2.17. The van der Waals surface area contributed by atoms with Crippen molar-refractivity contribution in [3.05, 3.63) is 23.3 Å². The van der Waals surface area contributed by atoms with E-state index < -0.39 is 0 Å². The van der Waals surface area contributed by atoms with E-state index in [4.69, 9.17) is 0 Å². The Balaban J connectivity index is 2.88. The van der Waals surface area contributed by atoms with Crippen LogP contribution in [-0.4, -0.2) is 5.78 Å². The fourth-order valence-corrected chi connectivity index (χ4v) is 1.21. The molecule has 0 unspecified atom stereocenters. The molecule has 0 fully saturated rings. The zero-order chi connectivity index (χ0) is 7.56. The van der Waals surface area contributed by atoms with Gasteiger partial charge in [0.15, 0.2) is 5.78 Å². The molecule has 1 aliphatic rings. The minimum atomic E-state index is 0.301. The second kappa shape index (κ2) is 2.82. The first-order valence-corrected chi connectivity index (χ1v) is 3.61. The molecule has 0 aromatic carbocycles. The van der Waals surface area contributed by atoms with Gasteiger partial charge >= 0.3 is 0 Å². The maximum absolute atomic E-state index is 11.1. The summed E-state index contributed by atoms with van der Waals surface area (Å²) in [7, 11) is 0. The van der Waals surface area contributed by atoms with E-state index in [0.29, 0.717) is 12.2 Å². The van der Waals surface area contributed by atoms with Crippen LogP contribution in [0, 0.1) is 0 Å². The van der Waals surface area contributed by atoms with Crippen molar-refractivity contribution in [3.8, 4) is 0 Å². The van der Waals surface area contributed by atoms with E-state index in [1.165, 1.54) is 5.57 Å². The van der Waals surface area contributed by atoms with Crippen LogP contribution in [0.2, 0.25) is 0 Å². The number of hydrogen-bond donors (Lipinski definition) is 0. The lowest BCUT2D eigenvalue weighted by Gasteiger charge is -1.90. The second-order valence-electron chi connectivity index (χ2n) is 2.62. The Morgan fingerprint density at radius 1 is 1.40 bits per heavy atom. The van der Waals surface area contributed by atoms with E-state index in [1.54, 1.807) is 0 Å². The molecule has 0 aromatic rings. The average molecular weight is 136 g/mol. The van der Waals surface area contributed by atoms with Gasteiger partial charge in [0.1, 0.15) is 0 Å². The van der Waals surface area contributed by atoms with E-state index in [2.05, 4.69) is 0 Å². The van der Waals surface area contributed by atoms with Crippen LogP contribution in [0.25, 0.3) is 0 Å². The van der Waals surface area contributed by atoms with Crippen molar-refractivity contribution >= 4 is 5.78 Å². The quantitative estimate of drug-likeness (QED) is 0.540. The number of carbonyl (C=O) groups excluding carboxylic acids is 1. The second-order valence-corrected chi connectivity index (χ2v) is 2.62. The number of carbonyl (C=O) groups is 1. The molecule has 1 rings (SSSR count). The third kappa shape index (κ3) is 1.18. The molecule has 0 saturated heterocycles. The highest BCUT2D eigenvalue weighted by molar-refractivity contribution is 6.01. The van der Waals surface area contributed by atoms with Crippen molar-refractivity contribution in [2.45, 2.75) is 26.7 Å². The molecular weight excluding hydrogens is 124 g/mol. The number of ketones is 1. The van der Waals surface area contributed by atoms with Gasteiger partial charge in [0, 0.05) is 12.0 Å². The third-order valence-corrected chi connectivity index (χ3v) is 1.82. The minimum Gasteiger partial charge on any atom is -0.294 e. The summed E-state index contributed by atoms with van der Waals surface area (Å²) >= 11 is 0.